The lowest BCUT2D eigenvalue weighted by molar-refractivity contribution is 0.664. The molecule has 1 aliphatic carbocycles. The van der Waals surface area contributed by atoms with Gasteiger partial charge in [0.1, 0.15) is 0 Å². The van der Waals surface area contributed by atoms with Crippen LogP contribution in [0.1, 0.15) is 25.0 Å². The topological polar surface area (TPSA) is 4.93 Å². The predicted molar refractivity (Wildman–Crippen MR) is 187 cm³/mol. The van der Waals surface area contributed by atoms with E-state index in [1.165, 1.54) is 82.8 Å². The van der Waals surface area contributed by atoms with Crippen molar-refractivity contribution >= 4 is 32.6 Å². The number of hydrogen-bond donors (Lipinski definition) is 0. The summed E-state index contributed by atoms with van der Waals surface area (Å²) in [6.07, 6.45) is 0. The van der Waals surface area contributed by atoms with Gasteiger partial charge in [-0.2, -0.15) is 0 Å². The highest BCUT2D eigenvalue weighted by Gasteiger charge is 2.40. The van der Waals surface area contributed by atoms with Crippen LogP contribution < -0.4 is 0 Å². The van der Waals surface area contributed by atoms with Crippen LogP contribution in [0.4, 0.5) is 0 Å². The fraction of sp³-hybridized carbons (Fsp3) is 0.0698. The Morgan fingerprint density at radius 2 is 1.02 bits per heavy atom. The van der Waals surface area contributed by atoms with Gasteiger partial charge in [-0.25, -0.2) is 0 Å². The highest BCUT2D eigenvalue weighted by Crippen LogP contribution is 2.56. The van der Waals surface area contributed by atoms with Gasteiger partial charge in [0.2, 0.25) is 0 Å². The Hall–Kier alpha value is -5.40. The van der Waals surface area contributed by atoms with E-state index in [9.17, 15) is 0 Å². The Morgan fingerprint density at radius 3 is 1.70 bits per heavy atom. The molecule has 1 nitrogen and oxygen atoms in total. The maximum Gasteiger partial charge on any atom is 0.0594 e. The molecule has 208 valence electrons. The first-order valence-electron chi connectivity index (χ1n) is 15.5. The fourth-order valence-electron chi connectivity index (χ4n) is 7.79. The zero-order chi connectivity index (χ0) is 29.4. The number of hydrogen-bond acceptors (Lipinski definition) is 0. The third kappa shape index (κ3) is 3.47. The molecule has 0 radical (unpaired) electrons. The minimum Gasteiger partial charge on any atom is -0.309 e. The van der Waals surface area contributed by atoms with Crippen LogP contribution in [-0.2, 0) is 5.41 Å². The molecule has 1 aromatic heterocycles. The molecule has 0 N–H and O–H groups in total. The van der Waals surface area contributed by atoms with Gasteiger partial charge in [-0.3, -0.25) is 0 Å². The smallest absolute Gasteiger partial charge is 0.0594 e. The zero-order valence-corrected chi connectivity index (χ0v) is 24.9. The van der Waals surface area contributed by atoms with Gasteiger partial charge in [0.15, 0.2) is 0 Å². The quantitative estimate of drug-likeness (QED) is 0.202. The fourth-order valence-corrected chi connectivity index (χ4v) is 7.79. The van der Waals surface area contributed by atoms with E-state index in [1.54, 1.807) is 0 Å². The third-order valence-electron chi connectivity index (χ3n) is 9.71. The standard InChI is InChI=1S/C43H31N/c1-43(2)37-23-13-11-21-35(37)39-33-19-9-10-20-34(33)40-36-22-12-14-24-38(36)44(42(40)41(39)43)32-26-30(28-15-5-3-6-16-28)25-31(27-32)29-17-7-4-8-18-29/h3-27H,1-2H3. The first-order valence-corrected chi connectivity index (χ1v) is 15.5. The molecule has 8 aromatic rings. The Morgan fingerprint density at radius 1 is 0.477 bits per heavy atom. The molecule has 9 rings (SSSR count). The van der Waals surface area contributed by atoms with E-state index in [1.807, 2.05) is 0 Å². The van der Waals surface area contributed by atoms with Crippen molar-refractivity contribution in [2.75, 3.05) is 0 Å². The first kappa shape index (κ1) is 25.1. The number of aromatic nitrogens is 1. The summed E-state index contributed by atoms with van der Waals surface area (Å²) in [5.41, 5.74) is 14.0. The largest absolute Gasteiger partial charge is 0.309 e. The summed E-state index contributed by atoms with van der Waals surface area (Å²) in [6, 6.07) is 55.6. The van der Waals surface area contributed by atoms with E-state index >= 15 is 0 Å². The molecule has 0 bridgehead atoms. The predicted octanol–water partition coefficient (Wildman–Crippen LogP) is 11.6. The van der Waals surface area contributed by atoms with Gasteiger partial charge in [-0.05, 0) is 79.5 Å². The van der Waals surface area contributed by atoms with Gasteiger partial charge in [-0.15, -0.1) is 0 Å². The Labute approximate surface area is 257 Å². The number of benzene rings is 7. The van der Waals surface area contributed by atoms with Gasteiger partial charge >= 0.3 is 0 Å². The van der Waals surface area contributed by atoms with Crippen molar-refractivity contribution in [2.45, 2.75) is 19.3 Å². The van der Waals surface area contributed by atoms with E-state index in [2.05, 4.69) is 170 Å². The van der Waals surface area contributed by atoms with Crippen LogP contribution in [0.3, 0.4) is 0 Å². The summed E-state index contributed by atoms with van der Waals surface area (Å²) >= 11 is 0. The second-order valence-corrected chi connectivity index (χ2v) is 12.5. The van der Waals surface area contributed by atoms with Crippen LogP contribution in [-0.4, -0.2) is 4.57 Å². The minimum atomic E-state index is -0.167. The molecular weight excluding hydrogens is 530 g/mol. The molecule has 0 atom stereocenters. The molecule has 0 unspecified atom stereocenters. The van der Waals surface area contributed by atoms with E-state index in [4.69, 9.17) is 0 Å². The van der Waals surface area contributed by atoms with Crippen molar-refractivity contribution in [3.05, 3.63) is 163 Å². The summed E-state index contributed by atoms with van der Waals surface area (Å²) in [5, 5.41) is 5.27. The van der Waals surface area contributed by atoms with Crippen LogP contribution >= 0.6 is 0 Å². The SMILES string of the molecule is CC1(C)c2ccccc2-c2c1c1c(c3ccccc23)c2ccccc2n1-c1cc(-c2ccccc2)cc(-c2ccccc2)c1. The van der Waals surface area contributed by atoms with Gasteiger partial charge in [0.05, 0.1) is 11.0 Å². The molecule has 0 fully saturated rings. The maximum atomic E-state index is 2.56. The molecular formula is C43H31N. The minimum absolute atomic E-state index is 0.167. The van der Waals surface area contributed by atoms with E-state index < -0.39 is 0 Å². The lowest BCUT2D eigenvalue weighted by Gasteiger charge is -2.24. The van der Waals surface area contributed by atoms with Crippen molar-refractivity contribution in [3.8, 4) is 39.1 Å². The zero-order valence-electron chi connectivity index (χ0n) is 24.9. The average molecular weight is 562 g/mol. The van der Waals surface area contributed by atoms with Crippen LogP contribution in [0.2, 0.25) is 0 Å². The highest BCUT2D eigenvalue weighted by molar-refractivity contribution is 6.27. The molecule has 1 aliphatic rings. The van der Waals surface area contributed by atoms with Gasteiger partial charge < -0.3 is 4.57 Å². The van der Waals surface area contributed by atoms with Crippen LogP contribution in [0, 0.1) is 0 Å². The summed E-state index contributed by atoms with van der Waals surface area (Å²) in [6.45, 7) is 4.81. The molecule has 7 aromatic carbocycles. The molecule has 0 saturated heterocycles. The number of nitrogens with zero attached hydrogens (tertiary/aromatic N) is 1. The highest BCUT2D eigenvalue weighted by atomic mass is 15.0. The Kier molecular flexibility index (Phi) is 5.31. The van der Waals surface area contributed by atoms with Crippen molar-refractivity contribution < 1.29 is 0 Å². The molecule has 0 aliphatic heterocycles. The van der Waals surface area contributed by atoms with E-state index in [-0.39, 0.29) is 5.41 Å². The van der Waals surface area contributed by atoms with Crippen molar-refractivity contribution in [1.82, 2.24) is 4.57 Å². The molecule has 1 heterocycles. The summed E-state index contributed by atoms with van der Waals surface area (Å²) in [4.78, 5) is 0. The molecule has 0 saturated carbocycles. The average Bonchev–Trinajstić information content (AvgIpc) is 3.55. The van der Waals surface area contributed by atoms with Crippen LogP contribution in [0.5, 0.6) is 0 Å². The first-order chi connectivity index (χ1) is 21.6. The second kappa shape index (κ2) is 9.30. The Bertz CT molecular complexity index is 2330. The van der Waals surface area contributed by atoms with E-state index in [0.29, 0.717) is 0 Å². The molecule has 44 heavy (non-hydrogen) atoms. The van der Waals surface area contributed by atoms with Gasteiger partial charge in [0.25, 0.3) is 0 Å². The van der Waals surface area contributed by atoms with Gasteiger partial charge in [-0.1, -0.05) is 141 Å². The third-order valence-corrected chi connectivity index (χ3v) is 9.71. The summed E-state index contributed by atoms with van der Waals surface area (Å²) < 4.78 is 2.56. The van der Waals surface area contributed by atoms with Crippen molar-refractivity contribution in [1.29, 1.82) is 0 Å². The number of para-hydroxylation sites is 1. The second-order valence-electron chi connectivity index (χ2n) is 12.5. The van der Waals surface area contributed by atoms with Crippen LogP contribution in [0.15, 0.2) is 152 Å². The summed E-state index contributed by atoms with van der Waals surface area (Å²) in [7, 11) is 0. The number of rotatable bonds is 3. The maximum absolute atomic E-state index is 2.56. The molecule has 1 heteroatoms. The molecule has 0 amide bonds. The lowest BCUT2D eigenvalue weighted by Crippen LogP contribution is -2.16. The number of fused-ring (bicyclic) bond motifs is 10. The van der Waals surface area contributed by atoms with Gasteiger partial charge in [0, 0.05) is 21.9 Å². The molecule has 0 spiro atoms. The van der Waals surface area contributed by atoms with Crippen molar-refractivity contribution in [3.63, 3.8) is 0 Å². The van der Waals surface area contributed by atoms with E-state index in [0.717, 1.165) is 0 Å². The Balaban J connectivity index is 1.49. The van der Waals surface area contributed by atoms with Crippen molar-refractivity contribution in [2.24, 2.45) is 0 Å². The monoisotopic (exact) mass is 561 g/mol. The summed E-state index contributed by atoms with van der Waals surface area (Å²) in [5.74, 6) is 0. The normalized spacial score (nSPS) is 13.4. The lowest BCUT2D eigenvalue weighted by atomic mass is 9.80. The van der Waals surface area contributed by atoms with Crippen LogP contribution in [0.25, 0.3) is 71.6 Å².